The van der Waals surface area contributed by atoms with Crippen LogP contribution in [0.25, 0.3) is 0 Å². The number of hydrogen-bond acceptors (Lipinski definition) is 6. The number of hydrogen-bond donors (Lipinski definition) is 2. The van der Waals surface area contributed by atoms with Gasteiger partial charge in [0.15, 0.2) is 17.5 Å². The van der Waals surface area contributed by atoms with Gasteiger partial charge in [-0.05, 0) is 50.9 Å². The molecule has 1 fully saturated rings. The SMILES string of the molecule is CCNC(=NCC1(c2ccc3c(c2)OCO3)CCOCC1)NCCN(C)CCCOC.I. The van der Waals surface area contributed by atoms with Crippen LogP contribution in [0.15, 0.2) is 23.2 Å². The third kappa shape index (κ3) is 7.64. The number of guanidine groups is 1. The topological polar surface area (TPSA) is 76.6 Å². The van der Waals surface area contributed by atoms with Crippen molar-refractivity contribution < 1.29 is 18.9 Å². The molecule has 2 aliphatic heterocycles. The molecule has 0 amide bonds. The monoisotopic (exact) mass is 562 g/mol. The summed E-state index contributed by atoms with van der Waals surface area (Å²) in [5.41, 5.74) is 1.19. The Morgan fingerprint density at radius 2 is 1.94 bits per heavy atom. The molecule has 0 atom stereocenters. The average molecular weight is 562 g/mol. The van der Waals surface area contributed by atoms with Crippen molar-refractivity contribution in [1.82, 2.24) is 15.5 Å². The van der Waals surface area contributed by atoms with E-state index in [0.29, 0.717) is 13.3 Å². The van der Waals surface area contributed by atoms with Crippen molar-refractivity contribution in [3.05, 3.63) is 23.8 Å². The molecular weight excluding hydrogens is 523 g/mol. The lowest BCUT2D eigenvalue weighted by molar-refractivity contribution is 0.0530. The Morgan fingerprint density at radius 3 is 2.69 bits per heavy atom. The number of nitrogens with zero attached hydrogens (tertiary/aromatic N) is 2. The van der Waals surface area contributed by atoms with Crippen LogP contribution in [0.3, 0.4) is 0 Å². The number of benzene rings is 1. The molecule has 8 nitrogen and oxygen atoms in total. The number of nitrogens with one attached hydrogen (secondary N) is 2. The molecule has 0 aromatic heterocycles. The van der Waals surface area contributed by atoms with Crippen LogP contribution in [-0.2, 0) is 14.9 Å². The molecule has 3 rings (SSSR count). The number of ether oxygens (including phenoxy) is 4. The number of rotatable bonds is 11. The van der Waals surface area contributed by atoms with E-state index in [1.807, 2.05) is 6.07 Å². The molecule has 1 aromatic rings. The normalized spacial score (nSPS) is 17.2. The van der Waals surface area contributed by atoms with Gasteiger partial charge in [-0.1, -0.05) is 6.07 Å². The number of methoxy groups -OCH3 is 1. The summed E-state index contributed by atoms with van der Waals surface area (Å²) in [6.45, 7) is 9.04. The van der Waals surface area contributed by atoms with Crippen molar-refractivity contribution in [3.8, 4) is 11.5 Å². The molecule has 2 heterocycles. The van der Waals surface area contributed by atoms with Crippen LogP contribution < -0.4 is 20.1 Å². The van der Waals surface area contributed by atoms with Gasteiger partial charge in [0.1, 0.15) is 0 Å². The quantitative estimate of drug-likeness (QED) is 0.186. The first-order valence-electron chi connectivity index (χ1n) is 11.3. The zero-order valence-corrected chi connectivity index (χ0v) is 22.0. The van der Waals surface area contributed by atoms with Crippen LogP contribution in [0.4, 0.5) is 0 Å². The summed E-state index contributed by atoms with van der Waals surface area (Å²) in [6.07, 6.45) is 2.93. The fraction of sp³-hybridized carbons (Fsp3) is 0.696. The Morgan fingerprint density at radius 1 is 1.16 bits per heavy atom. The molecule has 0 bridgehead atoms. The third-order valence-electron chi connectivity index (χ3n) is 5.99. The standard InChI is InChI=1S/C23H38N4O4.HI/c1-4-24-22(25-10-12-27(2)11-5-13-28-3)26-17-23(8-14-29-15-9-23)19-6-7-20-21(16-19)31-18-30-20;/h6-7,16H,4-5,8-15,17-18H2,1-3H3,(H2,24,25,26);1H. The lowest BCUT2D eigenvalue weighted by Crippen LogP contribution is -2.43. The summed E-state index contributed by atoms with van der Waals surface area (Å²) in [5, 5.41) is 6.86. The summed E-state index contributed by atoms with van der Waals surface area (Å²) in [7, 11) is 3.88. The minimum atomic E-state index is -0.0570. The summed E-state index contributed by atoms with van der Waals surface area (Å²) in [5.74, 6) is 2.51. The molecule has 182 valence electrons. The smallest absolute Gasteiger partial charge is 0.231 e. The Balaban J connectivity index is 0.00000363. The van der Waals surface area contributed by atoms with Crippen molar-refractivity contribution in [3.63, 3.8) is 0 Å². The molecule has 0 saturated carbocycles. The second-order valence-corrected chi connectivity index (χ2v) is 8.23. The predicted octanol–water partition coefficient (Wildman–Crippen LogP) is 2.60. The average Bonchev–Trinajstić information content (AvgIpc) is 3.26. The van der Waals surface area contributed by atoms with Crippen molar-refractivity contribution in [2.45, 2.75) is 31.6 Å². The van der Waals surface area contributed by atoms with E-state index in [0.717, 1.165) is 82.7 Å². The molecule has 0 unspecified atom stereocenters. The Bertz CT molecular complexity index is 713. The van der Waals surface area contributed by atoms with Crippen LogP contribution in [0, 0.1) is 0 Å². The lowest BCUT2D eigenvalue weighted by Gasteiger charge is -2.36. The highest BCUT2D eigenvalue weighted by molar-refractivity contribution is 14.0. The fourth-order valence-corrected chi connectivity index (χ4v) is 4.05. The van der Waals surface area contributed by atoms with E-state index in [4.69, 9.17) is 23.9 Å². The van der Waals surface area contributed by atoms with Gasteiger partial charge in [0, 0.05) is 58.5 Å². The predicted molar refractivity (Wildman–Crippen MR) is 138 cm³/mol. The van der Waals surface area contributed by atoms with E-state index in [-0.39, 0.29) is 29.4 Å². The zero-order valence-electron chi connectivity index (χ0n) is 19.7. The third-order valence-corrected chi connectivity index (χ3v) is 5.99. The molecule has 32 heavy (non-hydrogen) atoms. The highest BCUT2D eigenvalue weighted by Gasteiger charge is 2.35. The van der Waals surface area contributed by atoms with Crippen LogP contribution in [0.5, 0.6) is 11.5 Å². The highest BCUT2D eigenvalue weighted by atomic mass is 127. The maximum atomic E-state index is 5.67. The first kappa shape index (κ1) is 26.9. The van der Waals surface area contributed by atoms with Gasteiger partial charge in [-0.2, -0.15) is 0 Å². The van der Waals surface area contributed by atoms with Crippen molar-refractivity contribution in [2.24, 2.45) is 4.99 Å². The van der Waals surface area contributed by atoms with E-state index >= 15 is 0 Å². The molecule has 1 aromatic carbocycles. The van der Waals surface area contributed by atoms with Crippen LogP contribution >= 0.6 is 24.0 Å². The van der Waals surface area contributed by atoms with Crippen LogP contribution in [-0.4, -0.2) is 84.4 Å². The minimum Gasteiger partial charge on any atom is -0.454 e. The van der Waals surface area contributed by atoms with E-state index in [1.54, 1.807) is 7.11 Å². The first-order chi connectivity index (χ1) is 15.2. The number of halogens is 1. The second kappa shape index (κ2) is 14.1. The molecule has 9 heteroatoms. The maximum absolute atomic E-state index is 5.67. The summed E-state index contributed by atoms with van der Waals surface area (Å²) < 4.78 is 21.9. The fourth-order valence-electron chi connectivity index (χ4n) is 4.05. The van der Waals surface area contributed by atoms with Gasteiger partial charge in [-0.3, -0.25) is 4.99 Å². The van der Waals surface area contributed by atoms with Gasteiger partial charge in [0.2, 0.25) is 6.79 Å². The van der Waals surface area contributed by atoms with Crippen molar-refractivity contribution in [2.75, 3.05) is 73.5 Å². The molecule has 2 N–H and O–H groups in total. The van der Waals surface area contributed by atoms with E-state index in [2.05, 4.69) is 41.6 Å². The molecule has 0 aliphatic carbocycles. The van der Waals surface area contributed by atoms with Crippen LogP contribution in [0.1, 0.15) is 31.7 Å². The maximum Gasteiger partial charge on any atom is 0.231 e. The Kier molecular flexibility index (Phi) is 11.8. The van der Waals surface area contributed by atoms with Gasteiger partial charge in [0.25, 0.3) is 0 Å². The van der Waals surface area contributed by atoms with E-state index in [1.165, 1.54) is 5.56 Å². The molecular formula is C23H39IN4O4. The summed E-state index contributed by atoms with van der Waals surface area (Å²) in [4.78, 5) is 7.29. The molecule has 0 radical (unpaired) electrons. The zero-order chi connectivity index (χ0) is 21.9. The van der Waals surface area contributed by atoms with Gasteiger partial charge in [0.05, 0.1) is 6.54 Å². The number of likely N-dealkylation sites (N-methyl/N-ethyl adjacent to an activating group) is 1. The minimum absolute atomic E-state index is 0. The van der Waals surface area contributed by atoms with Crippen molar-refractivity contribution >= 4 is 29.9 Å². The largest absolute Gasteiger partial charge is 0.454 e. The Labute approximate surface area is 209 Å². The van der Waals surface area contributed by atoms with Gasteiger partial charge >= 0.3 is 0 Å². The van der Waals surface area contributed by atoms with Gasteiger partial charge in [-0.25, -0.2) is 0 Å². The van der Waals surface area contributed by atoms with Gasteiger partial charge in [-0.15, -0.1) is 24.0 Å². The summed E-state index contributed by atoms with van der Waals surface area (Å²) >= 11 is 0. The number of fused-ring (bicyclic) bond motifs is 1. The van der Waals surface area contributed by atoms with E-state index < -0.39 is 0 Å². The second-order valence-electron chi connectivity index (χ2n) is 8.23. The highest BCUT2D eigenvalue weighted by Crippen LogP contribution is 2.41. The molecule has 1 saturated heterocycles. The van der Waals surface area contributed by atoms with E-state index in [9.17, 15) is 0 Å². The first-order valence-corrected chi connectivity index (χ1v) is 11.3. The van der Waals surface area contributed by atoms with Gasteiger partial charge < -0.3 is 34.5 Å². The Hall–Kier alpha value is -1.30. The van der Waals surface area contributed by atoms with Crippen molar-refractivity contribution in [1.29, 1.82) is 0 Å². The molecule has 0 spiro atoms. The molecule has 2 aliphatic rings. The summed E-state index contributed by atoms with van der Waals surface area (Å²) in [6, 6.07) is 6.30. The van der Waals surface area contributed by atoms with Crippen LogP contribution in [0.2, 0.25) is 0 Å². The number of aliphatic imine (C=N–C) groups is 1. The lowest BCUT2D eigenvalue weighted by atomic mass is 9.74.